The average Bonchev–Trinajstić information content (AvgIpc) is 3.04. The van der Waals surface area contributed by atoms with E-state index in [0.717, 1.165) is 28.1 Å². The number of carbonyl (C=O) groups excluding carboxylic acids is 1. The Kier molecular flexibility index (Phi) is 4.10. The van der Waals surface area contributed by atoms with Crippen molar-refractivity contribution >= 4 is 23.0 Å². The molecule has 1 unspecified atom stereocenters. The van der Waals surface area contributed by atoms with E-state index in [9.17, 15) is 9.90 Å². The number of benzene rings is 2. The Hall–Kier alpha value is -3.25. The molecule has 144 valence electrons. The van der Waals surface area contributed by atoms with Crippen LogP contribution in [0.2, 0.25) is 5.02 Å². The normalized spacial score (nSPS) is 16.2. The van der Waals surface area contributed by atoms with E-state index in [1.54, 1.807) is 16.6 Å². The molecule has 2 aromatic heterocycles. The van der Waals surface area contributed by atoms with E-state index < -0.39 is 0 Å². The van der Waals surface area contributed by atoms with Gasteiger partial charge in [0.1, 0.15) is 5.75 Å². The maximum absolute atomic E-state index is 12.8. The van der Waals surface area contributed by atoms with Gasteiger partial charge < -0.3 is 5.11 Å². The molecule has 5 rings (SSSR count). The Balaban J connectivity index is 1.68. The van der Waals surface area contributed by atoms with Crippen LogP contribution in [-0.4, -0.2) is 30.7 Å². The van der Waals surface area contributed by atoms with E-state index in [2.05, 4.69) is 15.3 Å². The molecule has 1 aliphatic rings. The summed E-state index contributed by atoms with van der Waals surface area (Å²) in [4.78, 5) is 12.8. The fourth-order valence-electron chi connectivity index (χ4n) is 4.11. The highest BCUT2D eigenvalue weighted by Crippen LogP contribution is 2.37. The maximum atomic E-state index is 12.8. The summed E-state index contributed by atoms with van der Waals surface area (Å²) in [6, 6.07) is 14.6. The zero-order valence-corrected chi connectivity index (χ0v) is 16.4. The maximum Gasteiger partial charge on any atom is 0.185 e. The number of carbonyl (C=O) groups is 1. The number of hydrogen-bond donors (Lipinski definition) is 1. The highest BCUT2D eigenvalue weighted by molar-refractivity contribution is 6.30. The van der Waals surface area contributed by atoms with Crippen molar-refractivity contribution in [2.24, 2.45) is 0 Å². The lowest BCUT2D eigenvalue weighted by Crippen LogP contribution is -2.24. The Morgan fingerprint density at radius 3 is 2.72 bits per heavy atom. The lowest BCUT2D eigenvalue weighted by Gasteiger charge is -2.23. The average molecular weight is 405 g/mol. The van der Waals surface area contributed by atoms with Crippen LogP contribution in [0.5, 0.6) is 5.75 Å². The summed E-state index contributed by atoms with van der Waals surface area (Å²) < 4.78 is 1.72. The van der Waals surface area contributed by atoms with Crippen LogP contribution in [0.25, 0.3) is 16.8 Å². The zero-order chi connectivity index (χ0) is 20.1. The number of aromatic hydroxyl groups is 1. The van der Waals surface area contributed by atoms with Crippen LogP contribution in [-0.2, 0) is 6.42 Å². The lowest BCUT2D eigenvalue weighted by atomic mass is 9.83. The summed E-state index contributed by atoms with van der Waals surface area (Å²) in [5.41, 5.74) is 4.95. The van der Waals surface area contributed by atoms with Gasteiger partial charge >= 0.3 is 0 Å². The van der Waals surface area contributed by atoms with Gasteiger partial charge in [0.2, 0.25) is 0 Å². The summed E-state index contributed by atoms with van der Waals surface area (Å²) in [6.07, 6.45) is 0.826. The number of Topliss-reactive ketones (excluding diaryl/α,β-unsaturated/α-hetero) is 1. The van der Waals surface area contributed by atoms with Gasteiger partial charge in [-0.05, 0) is 42.7 Å². The Morgan fingerprint density at radius 1 is 1.10 bits per heavy atom. The lowest BCUT2D eigenvalue weighted by molar-refractivity contribution is 0.0955. The van der Waals surface area contributed by atoms with Crippen LogP contribution in [0.3, 0.4) is 0 Å². The van der Waals surface area contributed by atoms with Gasteiger partial charge in [-0.15, -0.1) is 10.2 Å². The molecule has 2 aromatic carbocycles. The summed E-state index contributed by atoms with van der Waals surface area (Å²) >= 11 is 6.17. The van der Waals surface area contributed by atoms with Gasteiger partial charge in [0, 0.05) is 17.4 Å². The third-order valence-corrected chi connectivity index (χ3v) is 5.67. The number of fused-ring (bicyclic) bond motifs is 3. The van der Waals surface area contributed by atoms with Gasteiger partial charge in [-0.25, -0.2) is 4.52 Å². The number of aryl methyl sites for hydroxylation is 1. The van der Waals surface area contributed by atoms with E-state index >= 15 is 0 Å². The van der Waals surface area contributed by atoms with Crippen molar-refractivity contribution in [3.8, 4) is 16.9 Å². The second-order valence-corrected chi connectivity index (χ2v) is 7.73. The minimum atomic E-state index is -0.136. The molecule has 0 spiro atoms. The molecule has 0 saturated carbocycles. The molecule has 1 aliphatic carbocycles. The zero-order valence-electron chi connectivity index (χ0n) is 15.6. The minimum absolute atomic E-state index is 0.0913. The second kappa shape index (κ2) is 6.67. The summed E-state index contributed by atoms with van der Waals surface area (Å²) in [6.45, 7) is 1.91. The first-order chi connectivity index (χ1) is 14.0. The molecular formula is C22H17ClN4O2. The van der Waals surface area contributed by atoms with Gasteiger partial charge in [0.15, 0.2) is 17.1 Å². The molecule has 0 amide bonds. The predicted molar refractivity (Wildman–Crippen MR) is 109 cm³/mol. The van der Waals surface area contributed by atoms with Gasteiger partial charge in [0.05, 0.1) is 17.0 Å². The van der Waals surface area contributed by atoms with Crippen molar-refractivity contribution < 1.29 is 9.90 Å². The largest absolute Gasteiger partial charge is 0.508 e. The topological polar surface area (TPSA) is 80.4 Å². The van der Waals surface area contributed by atoms with Gasteiger partial charge in [-0.1, -0.05) is 41.9 Å². The molecule has 2 heterocycles. The summed E-state index contributed by atoms with van der Waals surface area (Å²) in [5.74, 6) is -0.0302. The SMILES string of the molecule is Cc1nn2c3c(nnc2c1-c1cccc(Cl)c1)C(=O)CC(c1ccccc1O)C3. The first kappa shape index (κ1) is 17.8. The molecule has 4 aromatic rings. The quantitative estimate of drug-likeness (QED) is 0.536. The number of para-hydroxylation sites is 1. The van der Waals surface area contributed by atoms with Crippen LogP contribution >= 0.6 is 11.6 Å². The molecule has 7 heteroatoms. The molecule has 0 fully saturated rings. The Bertz CT molecular complexity index is 1280. The van der Waals surface area contributed by atoms with E-state index in [1.807, 2.05) is 43.3 Å². The molecule has 0 saturated heterocycles. The molecule has 1 atom stereocenters. The third-order valence-electron chi connectivity index (χ3n) is 5.44. The first-order valence-electron chi connectivity index (χ1n) is 9.35. The fraction of sp³-hybridized carbons (Fsp3) is 0.182. The molecule has 0 radical (unpaired) electrons. The van der Waals surface area contributed by atoms with Gasteiger partial charge in [-0.2, -0.15) is 5.10 Å². The van der Waals surface area contributed by atoms with Crippen LogP contribution < -0.4 is 0 Å². The number of nitrogens with zero attached hydrogens (tertiary/aromatic N) is 4. The van der Waals surface area contributed by atoms with Crippen LogP contribution in [0.15, 0.2) is 48.5 Å². The van der Waals surface area contributed by atoms with Crippen molar-refractivity contribution in [1.29, 1.82) is 0 Å². The third kappa shape index (κ3) is 2.87. The monoisotopic (exact) mass is 404 g/mol. The highest BCUT2D eigenvalue weighted by atomic mass is 35.5. The number of aromatic nitrogens is 4. The smallest absolute Gasteiger partial charge is 0.185 e. The molecule has 29 heavy (non-hydrogen) atoms. The van der Waals surface area contributed by atoms with E-state index in [-0.39, 0.29) is 23.9 Å². The highest BCUT2D eigenvalue weighted by Gasteiger charge is 2.32. The standard InChI is InChI=1S/C22H17ClN4O2/c1-12-20(13-5-4-6-15(23)9-13)22-25-24-21-17(27(22)26-12)10-14(11-19(21)29)16-7-2-3-8-18(16)28/h2-9,14,28H,10-11H2,1H3. The van der Waals surface area contributed by atoms with Crippen molar-refractivity contribution in [3.05, 3.63) is 76.2 Å². The van der Waals surface area contributed by atoms with Crippen molar-refractivity contribution in [1.82, 2.24) is 19.8 Å². The predicted octanol–water partition coefficient (Wildman–Crippen LogP) is 4.37. The molecule has 0 aliphatic heterocycles. The van der Waals surface area contributed by atoms with Gasteiger partial charge in [-0.3, -0.25) is 4.79 Å². The van der Waals surface area contributed by atoms with Crippen molar-refractivity contribution in [3.63, 3.8) is 0 Å². The molecule has 1 N–H and O–H groups in total. The number of phenols is 1. The molecule has 6 nitrogen and oxygen atoms in total. The van der Waals surface area contributed by atoms with E-state index in [1.165, 1.54) is 0 Å². The number of hydrogen-bond acceptors (Lipinski definition) is 5. The Labute approximate surface area is 171 Å². The summed E-state index contributed by atoms with van der Waals surface area (Å²) in [5, 5.41) is 24.1. The minimum Gasteiger partial charge on any atom is -0.508 e. The fourth-order valence-corrected chi connectivity index (χ4v) is 4.30. The Morgan fingerprint density at radius 2 is 1.93 bits per heavy atom. The number of halogens is 1. The van der Waals surface area contributed by atoms with Crippen LogP contribution in [0, 0.1) is 6.92 Å². The summed E-state index contributed by atoms with van der Waals surface area (Å²) in [7, 11) is 0. The first-order valence-corrected chi connectivity index (χ1v) is 9.72. The van der Waals surface area contributed by atoms with Crippen LogP contribution in [0.1, 0.15) is 39.8 Å². The molecular weight excluding hydrogens is 388 g/mol. The number of phenolic OH excluding ortho intramolecular Hbond substituents is 1. The van der Waals surface area contributed by atoms with Crippen LogP contribution in [0.4, 0.5) is 0 Å². The molecule has 0 bridgehead atoms. The second-order valence-electron chi connectivity index (χ2n) is 7.29. The van der Waals surface area contributed by atoms with Crippen molar-refractivity contribution in [2.75, 3.05) is 0 Å². The van der Waals surface area contributed by atoms with E-state index in [0.29, 0.717) is 22.8 Å². The van der Waals surface area contributed by atoms with Gasteiger partial charge in [0.25, 0.3) is 0 Å². The van der Waals surface area contributed by atoms with E-state index in [4.69, 9.17) is 11.6 Å². The van der Waals surface area contributed by atoms with Crippen molar-refractivity contribution in [2.45, 2.75) is 25.7 Å². The number of rotatable bonds is 2. The number of ketones is 1.